The molecule has 0 saturated heterocycles. The number of fused-ring (bicyclic) bond motifs is 1. The molecule has 0 radical (unpaired) electrons. The second kappa shape index (κ2) is 6.86. The molecule has 3 atom stereocenters. The zero-order valence-electron chi connectivity index (χ0n) is 18.1. The molecule has 1 amide bonds. The van der Waals surface area contributed by atoms with Gasteiger partial charge in [0.05, 0.1) is 16.9 Å². The van der Waals surface area contributed by atoms with Gasteiger partial charge in [0.15, 0.2) is 0 Å². The Labute approximate surface area is 187 Å². The van der Waals surface area contributed by atoms with Crippen molar-refractivity contribution in [2.45, 2.75) is 25.7 Å². The van der Waals surface area contributed by atoms with Crippen LogP contribution in [-0.4, -0.2) is 16.6 Å². The van der Waals surface area contributed by atoms with E-state index in [1.807, 2.05) is 55.5 Å². The van der Waals surface area contributed by atoms with Gasteiger partial charge in [0, 0.05) is 22.9 Å². The van der Waals surface area contributed by atoms with Gasteiger partial charge in [-0.05, 0) is 43.7 Å². The van der Waals surface area contributed by atoms with Crippen molar-refractivity contribution in [1.29, 1.82) is 0 Å². The molecule has 1 aromatic heterocycles. The maximum Gasteiger partial charge on any atom is 0.260 e. The molecule has 3 aromatic carbocycles. The number of aromatic nitrogens is 1. The first kappa shape index (κ1) is 18.9. The van der Waals surface area contributed by atoms with Crippen molar-refractivity contribution in [3.05, 3.63) is 108 Å². The highest BCUT2D eigenvalue weighted by molar-refractivity contribution is 6.23. The molecule has 0 N–H and O–H groups in total. The highest BCUT2D eigenvalue weighted by Crippen LogP contribution is 2.73. The van der Waals surface area contributed by atoms with Crippen molar-refractivity contribution in [3.63, 3.8) is 0 Å². The van der Waals surface area contributed by atoms with Crippen molar-refractivity contribution in [2.24, 2.45) is 10.5 Å². The van der Waals surface area contributed by atoms with Crippen molar-refractivity contribution in [1.82, 2.24) is 4.98 Å². The van der Waals surface area contributed by atoms with Gasteiger partial charge in [0.25, 0.3) is 5.91 Å². The monoisotopic (exact) mass is 417 g/mol. The third kappa shape index (κ3) is 2.59. The molecule has 0 unspecified atom stereocenters. The van der Waals surface area contributed by atoms with Gasteiger partial charge in [-0.1, -0.05) is 72.3 Å². The van der Waals surface area contributed by atoms with E-state index in [2.05, 4.69) is 49.4 Å². The Kier molecular flexibility index (Phi) is 4.06. The first-order chi connectivity index (χ1) is 15.6. The topological polar surface area (TPSA) is 45.6 Å². The number of para-hydroxylation sites is 2. The first-order valence-corrected chi connectivity index (χ1v) is 11.0. The van der Waals surface area contributed by atoms with Crippen molar-refractivity contribution < 1.29 is 4.79 Å². The number of amides is 1. The van der Waals surface area contributed by atoms with Crippen LogP contribution in [0.1, 0.15) is 35.6 Å². The maximum atomic E-state index is 14.0. The number of anilines is 1. The van der Waals surface area contributed by atoms with Gasteiger partial charge in [-0.25, -0.2) is 0 Å². The molecule has 1 spiro atoms. The minimum Gasteiger partial charge on any atom is -0.271 e. The van der Waals surface area contributed by atoms with Gasteiger partial charge < -0.3 is 0 Å². The number of nitrogens with zero attached hydrogens (tertiary/aromatic N) is 3. The highest BCUT2D eigenvalue weighted by Gasteiger charge is 2.75. The fourth-order valence-corrected chi connectivity index (χ4v) is 5.34. The second-order valence-corrected chi connectivity index (χ2v) is 8.80. The summed E-state index contributed by atoms with van der Waals surface area (Å²) in [6, 6.07) is 30.5. The predicted molar refractivity (Wildman–Crippen MR) is 128 cm³/mol. The Morgan fingerprint density at radius 3 is 2.28 bits per heavy atom. The Hall–Kier alpha value is -3.79. The molecule has 1 aliphatic heterocycles. The Bertz CT molecular complexity index is 1380. The number of carbonyl (C=O) groups is 1. The van der Waals surface area contributed by atoms with E-state index in [1.54, 1.807) is 5.01 Å². The van der Waals surface area contributed by atoms with E-state index in [0.717, 1.165) is 33.6 Å². The molecule has 32 heavy (non-hydrogen) atoms. The van der Waals surface area contributed by atoms with Crippen LogP contribution in [-0.2, 0) is 4.79 Å². The summed E-state index contributed by atoms with van der Waals surface area (Å²) in [6.07, 6.45) is 0. The SMILES string of the molecule is CC1=NN(c2ccccc2)C(=O)[C@]12[C@H](c1ccc3ccccc3n1)[C@@H]2c1ccc(C)cc1. The standard InChI is InChI=1S/C28H23N3O/c1-18-12-14-21(15-13-18)25-26(24-17-16-20-8-6-7-11-23(20)29-24)28(25)19(2)30-31(27(28)32)22-9-4-3-5-10-22/h3-17,25-26H,1-2H3/t25-,26+,28+/m0/s1. The molecule has 1 aliphatic carbocycles. The number of carbonyl (C=O) groups excluding carboxylic acids is 1. The summed E-state index contributed by atoms with van der Waals surface area (Å²) >= 11 is 0. The minimum absolute atomic E-state index is 0.0155. The predicted octanol–water partition coefficient (Wildman–Crippen LogP) is 5.83. The van der Waals surface area contributed by atoms with Crippen LogP contribution in [0.5, 0.6) is 0 Å². The molecule has 1 fully saturated rings. The molecule has 2 heterocycles. The summed E-state index contributed by atoms with van der Waals surface area (Å²) in [6.45, 7) is 4.07. The van der Waals surface area contributed by atoms with Crippen LogP contribution in [0.25, 0.3) is 10.9 Å². The molecular formula is C28H23N3O. The van der Waals surface area contributed by atoms with Crippen molar-refractivity contribution in [3.8, 4) is 0 Å². The Morgan fingerprint density at radius 1 is 0.781 bits per heavy atom. The van der Waals surface area contributed by atoms with E-state index in [-0.39, 0.29) is 17.7 Å². The normalized spacial score (nSPS) is 24.2. The quantitative estimate of drug-likeness (QED) is 0.421. The summed E-state index contributed by atoms with van der Waals surface area (Å²) in [5.74, 6) is 0.00762. The summed E-state index contributed by atoms with van der Waals surface area (Å²) in [5.41, 5.74) is 5.24. The zero-order valence-corrected chi connectivity index (χ0v) is 18.1. The number of benzene rings is 3. The number of hydrogen-bond acceptors (Lipinski definition) is 3. The van der Waals surface area contributed by atoms with Crippen LogP contribution in [0.3, 0.4) is 0 Å². The second-order valence-electron chi connectivity index (χ2n) is 8.80. The van der Waals surface area contributed by atoms with Gasteiger partial charge in [-0.15, -0.1) is 0 Å². The number of hydrazone groups is 1. The van der Waals surface area contributed by atoms with Gasteiger partial charge in [0.1, 0.15) is 5.41 Å². The van der Waals surface area contributed by atoms with Crippen LogP contribution >= 0.6 is 0 Å². The lowest BCUT2D eigenvalue weighted by Crippen LogP contribution is -2.30. The molecular weight excluding hydrogens is 394 g/mol. The van der Waals surface area contributed by atoms with E-state index >= 15 is 0 Å². The van der Waals surface area contributed by atoms with E-state index < -0.39 is 5.41 Å². The van der Waals surface area contributed by atoms with E-state index in [0.29, 0.717) is 0 Å². The largest absolute Gasteiger partial charge is 0.271 e. The number of aryl methyl sites for hydroxylation is 1. The Balaban J connectivity index is 1.50. The van der Waals surface area contributed by atoms with Crippen LogP contribution < -0.4 is 5.01 Å². The number of pyridine rings is 1. The zero-order chi connectivity index (χ0) is 21.9. The smallest absolute Gasteiger partial charge is 0.260 e. The number of rotatable bonds is 3. The summed E-state index contributed by atoms with van der Waals surface area (Å²) < 4.78 is 0. The van der Waals surface area contributed by atoms with Gasteiger partial charge in [-0.3, -0.25) is 9.78 Å². The third-order valence-electron chi connectivity index (χ3n) is 6.98. The fraction of sp³-hybridized carbons (Fsp3) is 0.179. The van der Waals surface area contributed by atoms with Gasteiger partial charge in [0.2, 0.25) is 0 Å². The highest BCUT2D eigenvalue weighted by atomic mass is 16.2. The molecule has 1 saturated carbocycles. The molecule has 4 heteroatoms. The lowest BCUT2D eigenvalue weighted by Gasteiger charge is -2.15. The molecule has 4 aromatic rings. The summed E-state index contributed by atoms with van der Waals surface area (Å²) in [4.78, 5) is 19.0. The van der Waals surface area contributed by atoms with Crippen molar-refractivity contribution in [2.75, 3.05) is 5.01 Å². The lowest BCUT2D eigenvalue weighted by molar-refractivity contribution is -0.121. The third-order valence-corrected chi connectivity index (χ3v) is 6.98. The molecule has 6 rings (SSSR count). The van der Waals surface area contributed by atoms with Crippen LogP contribution in [0, 0.1) is 12.3 Å². The number of hydrogen-bond donors (Lipinski definition) is 0. The van der Waals surface area contributed by atoms with Gasteiger partial charge in [-0.2, -0.15) is 10.1 Å². The lowest BCUT2D eigenvalue weighted by atomic mass is 9.92. The van der Waals surface area contributed by atoms with Crippen LogP contribution in [0.2, 0.25) is 0 Å². The van der Waals surface area contributed by atoms with E-state index in [1.165, 1.54) is 5.56 Å². The first-order valence-electron chi connectivity index (χ1n) is 11.0. The minimum atomic E-state index is -0.694. The van der Waals surface area contributed by atoms with Gasteiger partial charge >= 0.3 is 0 Å². The summed E-state index contributed by atoms with van der Waals surface area (Å²) in [5, 5.41) is 7.44. The average molecular weight is 418 g/mol. The molecule has 4 nitrogen and oxygen atoms in total. The van der Waals surface area contributed by atoms with Crippen molar-refractivity contribution >= 4 is 28.2 Å². The molecule has 0 bridgehead atoms. The van der Waals surface area contributed by atoms with E-state index in [4.69, 9.17) is 10.1 Å². The van der Waals surface area contributed by atoms with Crippen LogP contribution in [0.15, 0.2) is 96.1 Å². The maximum absolute atomic E-state index is 14.0. The summed E-state index contributed by atoms with van der Waals surface area (Å²) in [7, 11) is 0. The fourth-order valence-electron chi connectivity index (χ4n) is 5.34. The molecule has 2 aliphatic rings. The molecule has 156 valence electrons. The van der Waals surface area contributed by atoms with Crippen LogP contribution in [0.4, 0.5) is 5.69 Å². The average Bonchev–Trinajstić information content (AvgIpc) is 3.47. The van der Waals surface area contributed by atoms with E-state index in [9.17, 15) is 4.79 Å². The Morgan fingerprint density at radius 2 is 1.50 bits per heavy atom.